The summed E-state index contributed by atoms with van der Waals surface area (Å²) in [5.41, 5.74) is 13.6. The van der Waals surface area contributed by atoms with E-state index in [2.05, 4.69) is 118 Å². The molecular formula is C39H40BClF4N4O3. The molecule has 13 heteroatoms. The number of nitrogens with one attached hydrogen (secondary N) is 1. The van der Waals surface area contributed by atoms with Crippen molar-refractivity contribution >= 4 is 30.4 Å². The van der Waals surface area contributed by atoms with Crippen LogP contribution in [0.2, 0.25) is 5.02 Å². The van der Waals surface area contributed by atoms with Crippen molar-refractivity contribution in [1.82, 2.24) is 10.2 Å². The largest absolute Gasteiger partial charge is 0.673 e. The minimum atomic E-state index is -6.00. The predicted octanol–water partition coefficient (Wildman–Crippen LogP) is 8.04. The number of ether oxygens (including phenoxy) is 2. The van der Waals surface area contributed by atoms with Crippen LogP contribution in [0.15, 0.2) is 115 Å². The Kier molecular flexibility index (Phi) is 12.9. The second kappa shape index (κ2) is 17.5. The van der Waals surface area contributed by atoms with Crippen molar-refractivity contribution < 1.29 is 36.1 Å². The van der Waals surface area contributed by atoms with Gasteiger partial charge in [0.05, 0.1) is 42.1 Å². The quantitative estimate of drug-likeness (QED) is 0.0658. The zero-order valence-corrected chi connectivity index (χ0v) is 29.6. The number of nitrogen functional groups attached to an aromatic ring is 1. The molecule has 272 valence electrons. The molecule has 7 nitrogen and oxygen atoms in total. The van der Waals surface area contributed by atoms with Gasteiger partial charge in [-0.25, -0.2) is 0 Å². The fourth-order valence-corrected chi connectivity index (χ4v) is 6.51. The highest BCUT2D eigenvalue weighted by molar-refractivity contribution is 6.50. The number of halogens is 5. The van der Waals surface area contributed by atoms with Gasteiger partial charge < -0.3 is 37.8 Å². The van der Waals surface area contributed by atoms with E-state index < -0.39 is 7.25 Å². The Hall–Kier alpha value is -4.91. The lowest BCUT2D eigenvalue weighted by atomic mass is 9.98. The molecule has 4 aromatic carbocycles. The maximum Gasteiger partial charge on any atom is 0.673 e. The van der Waals surface area contributed by atoms with Crippen molar-refractivity contribution in [2.45, 2.75) is 25.1 Å². The van der Waals surface area contributed by atoms with Gasteiger partial charge in [0.25, 0.3) is 5.91 Å². The van der Waals surface area contributed by atoms with Gasteiger partial charge in [0, 0.05) is 49.5 Å². The molecule has 1 fully saturated rings. The van der Waals surface area contributed by atoms with E-state index in [0.29, 0.717) is 28.6 Å². The Labute approximate surface area is 306 Å². The lowest BCUT2D eigenvalue weighted by Crippen LogP contribution is -2.56. The molecular weight excluding hydrogens is 695 g/mol. The van der Waals surface area contributed by atoms with Crippen molar-refractivity contribution in [2.75, 3.05) is 39.6 Å². The van der Waals surface area contributed by atoms with Crippen LogP contribution < -0.4 is 20.4 Å². The summed E-state index contributed by atoms with van der Waals surface area (Å²) in [6.45, 7) is 3.09. The van der Waals surface area contributed by atoms with Crippen LogP contribution in [0.5, 0.6) is 5.75 Å². The van der Waals surface area contributed by atoms with Crippen LogP contribution in [0, 0.1) is 0 Å². The summed E-state index contributed by atoms with van der Waals surface area (Å²) in [7, 11) is -2.79. The number of amides is 1. The molecule has 1 aromatic heterocycles. The molecule has 1 saturated heterocycles. The van der Waals surface area contributed by atoms with Gasteiger partial charge >= 0.3 is 7.25 Å². The topological polar surface area (TPSA) is 80.7 Å². The first kappa shape index (κ1) is 38.3. The van der Waals surface area contributed by atoms with Crippen molar-refractivity contribution in [3.8, 4) is 39.4 Å². The molecule has 0 spiro atoms. The van der Waals surface area contributed by atoms with Crippen LogP contribution in [0.1, 0.15) is 16.8 Å². The lowest BCUT2D eigenvalue weighted by molar-refractivity contribution is -0.675. The third-order valence-electron chi connectivity index (χ3n) is 8.88. The maximum atomic E-state index is 13.3. The Morgan fingerprint density at radius 1 is 0.846 bits per heavy atom. The third kappa shape index (κ3) is 10.1. The molecule has 0 radical (unpaired) electrons. The van der Waals surface area contributed by atoms with E-state index in [1.165, 1.54) is 18.2 Å². The number of pyridine rings is 1. The molecule has 1 aliphatic rings. The second-order valence-corrected chi connectivity index (χ2v) is 12.7. The minimum absolute atomic E-state index is 0.164. The molecule has 0 saturated carbocycles. The number of anilines is 1. The van der Waals surface area contributed by atoms with Crippen molar-refractivity contribution in [1.29, 1.82) is 0 Å². The first-order valence-corrected chi connectivity index (χ1v) is 17.1. The van der Waals surface area contributed by atoms with E-state index in [0.717, 1.165) is 48.6 Å². The average molecular weight is 735 g/mol. The highest BCUT2D eigenvalue weighted by atomic mass is 35.5. The summed E-state index contributed by atoms with van der Waals surface area (Å²) in [4.78, 5) is 15.7. The van der Waals surface area contributed by atoms with Crippen LogP contribution in [0.4, 0.5) is 23.0 Å². The normalized spacial score (nSPS) is 16.1. The van der Waals surface area contributed by atoms with Gasteiger partial charge in [0.1, 0.15) is 5.75 Å². The number of likely N-dealkylation sites (tertiary alicyclic amines) is 1. The number of carbonyl (C=O) groups excluding carboxylic acids is 1. The van der Waals surface area contributed by atoms with Crippen molar-refractivity contribution in [3.05, 3.63) is 126 Å². The number of methoxy groups -OCH3 is 2. The number of carbonyl (C=O) groups is 1. The van der Waals surface area contributed by atoms with Crippen molar-refractivity contribution in [3.63, 3.8) is 0 Å². The Morgan fingerprint density at radius 2 is 1.37 bits per heavy atom. The summed E-state index contributed by atoms with van der Waals surface area (Å²) in [6, 6.07) is 39.3. The number of hydrogen-bond acceptors (Lipinski definition) is 5. The van der Waals surface area contributed by atoms with Crippen molar-refractivity contribution in [2.24, 2.45) is 0 Å². The fourth-order valence-electron chi connectivity index (χ4n) is 6.35. The molecule has 6 rings (SSSR count). The molecule has 3 N–H and O–H groups in total. The third-order valence-corrected chi connectivity index (χ3v) is 9.21. The fraction of sp³-hybridized carbons (Fsp3) is 0.231. The Balaban J connectivity index is 0.000000979. The zero-order valence-electron chi connectivity index (χ0n) is 28.8. The van der Waals surface area contributed by atoms with Gasteiger partial charge in [-0.15, -0.1) is 0 Å². The number of piperidine rings is 1. The summed E-state index contributed by atoms with van der Waals surface area (Å²) in [5, 5.41) is 3.47. The van der Waals surface area contributed by atoms with Crippen LogP contribution in [-0.4, -0.2) is 64.1 Å². The number of benzene rings is 4. The Bertz CT molecular complexity index is 1870. The second-order valence-electron chi connectivity index (χ2n) is 12.3. The van der Waals surface area contributed by atoms with E-state index in [1.54, 1.807) is 19.2 Å². The van der Waals surface area contributed by atoms with E-state index in [1.807, 2.05) is 0 Å². The first-order chi connectivity index (χ1) is 24.9. The van der Waals surface area contributed by atoms with E-state index in [4.69, 9.17) is 26.8 Å². The zero-order chi connectivity index (χ0) is 37.3. The molecule has 0 unspecified atom stereocenters. The van der Waals surface area contributed by atoms with Gasteiger partial charge in [-0.3, -0.25) is 9.69 Å². The monoisotopic (exact) mass is 734 g/mol. The predicted molar refractivity (Wildman–Crippen MR) is 199 cm³/mol. The number of hydrogen-bond donors (Lipinski definition) is 2. The van der Waals surface area contributed by atoms with Gasteiger partial charge in [-0.2, -0.15) is 4.57 Å². The standard InChI is InChI=1S/C39H39ClN4O3.BF4/c1-46-37-25-33(41)32(40)24-31(37)39(45)42-34-18-19-43(26-38(34)47-2)20-21-44-35(28-14-8-4-9-15-28)22-30(27-12-6-3-7-13-27)23-36(44)29-16-10-5-11-17-29;2-1(3,4)5/h3-17,22-25,34,38H,18-21,26H2,1-2H3,(H2-,41,42,45);/q;-1/p+1/t34-,38+;/m0./s1. The molecule has 2 heterocycles. The average Bonchev–Trinajstić information content (AvgIpc) is 3.15. The van der Waals surface area contributed by atoms with Crippen LogP contribution in [0.25, 0.3) is 33.6 Å². The van der Waals surface area contributed by atoms with E-state index >= 15 is 0 Å². The number of rotatable bonds is 10. The lowest BCUT2D eigenvalue weighted by Gasteiger charge is -2.37. The molecule has 5 aromatic rings. The number of nitrogens with two attached hydrogens (primary N) is 1. The molecule has 0 aliphatic carbocycles. The number of nitrogens with zero attached hydrogens (tertiary/aromatic N) is 2. The van der Waals surface area contributed by atoms with Crippen LogP contribution in [-0.2, 0) is 11.3 Å². The highest BCUT2D eigenvalue weighted by Crippen LogP contribution is 2.31. The summed E-state index contributed by atoms with van der Waals surface area (Å²) >= 11 is 6.24. The first-order valence-electron chi connectivity index (χ1n) is 16.8. The SMILES string of the molecule is COc1cc(N)c(Cl)cc1C(=O)N[C@H]1CCN(CC[n+]2c(-c3ccccc3)cc(-c3ccccc3)cc2-c2ccccc2)C[C@H]1OC.F[B-](F)(F)F. The molecule has 1 aliphatic heterocycles. The minimum Gasteiger partial charge on any atom is -0.496 e. The van der Waals surface area contributed by atoms with Gasteiger partial charge in [0.15, 0.2) is 6.54 Å². The van der Waals surface area contributed by atoms with Gasteiger partial charge in [-0.05, 0) is 47.9 Å². The summed E-state index contributed by atoms with van der Waals surface area (Å²) in [6.07, 6.45) is 0.555. The molecule has 2 atom stereocenters. The van der Waals surface area contributed by atoms with Gasteiger partial charge in [-0.1, -0.05) is 78.3 Å². The molecule has 1 amide bonds. The smallest absolute Gasteiger partial charge is 0.496 e. The highest BCUT2D eigenvalue weighted by Gasteiger charge is 2.32. The van der Waals surface area contributed by atoms with E-state index in [9.17, 15) is 22.1 Å². The van der Waals surface area contributed by atoms with Crippen LogP contribution >= 0.6 is 11.6 Å². The summed E-state index contributed by atoms with van der Waals surface area (Å²) in [5.74, 6) is 0.118. The van der Waals surface area contributed by atoms with Gasteiger partial charge in [0.2, 0.25) is 11.4 Å². The number of aromatic nitrogens is 1. The molecule has 52 heavy (non-hydrogen) atoms. The molecule has 0 bridgehead atoms. The Morgan fingerprint density at radius 3 is 1.87 bits per heavy atom. The van der Waals surface area contributed by atoms with E-state index in [-0.39, 0.29) is 18.1 Å². The van der Waals surface area contributed by atoms with Crippen LogP contribution in [0.3, 0.4) is 0 Å². The summed E-state index contributed by atoms with van der Waals surface area (Å²) < 4.78 is 52.8. The maximum absolute atomic E-state index is 13.3.